The molecular formula is C20H30F6O6. The molecule has 0 unspecified atom stereocenters. The zero-order chi connectivity index (χ0) is 25.7. The van der Waals surface area contributed by atoms with Gasteiger partial charge in [-0.1, -0.05) is 34.6 Å². The van der Waals surface area contributed by atoms with Gasteiger partial charge in [0.2, 0.25) is 0 Å². The lowest BCUT2D eigenvalue weighted by Gasteiger charge is -2.32. The Kier molecular flexibility index (Phi) is 10.1. The van der Waals surface area contributed by atoms with Gasteiger partial charge in [-0.05, 0) is 32.1 Å². The maximum Gasteiger partial charge on any atom is 0.411 e. The highest BCUT2D eigenvalue weighted by atomic mass is 19.3. The van der Waals surface area contributed by atoms with Crippen molar-refractivity contribution >= 4 is 17.9 Å². The Hall–Kier alpha value is -2.01. The lowest BCUT2D eigenvalue weighted by molar-refractivity contribution is -0.303. The van der Waals surface area contributed by atoms with Gasteiger partial charge >= 0.3 is 35.7 Å². The zero-order valence-electron chi connectivity index (χ0n) is 19.1. The van der Waals surface area contributed by atoms with Gasteiger partial charge in [0.15, 0.2) is 0 Å². The Labute approximate surface area is 182 Å². The zero-order valence-corrected chi connectivity index (χ0v) is 19.1. The van der Waals surface area contributed by atoms with Crippen molar-refractivity contribution in [2.75, 3.05) is 13.2 Å². The van der Waals surface area contributed by atoms with E-state index < -0.39 is 72.2 Å². The lowest BCUT2D eigenvalue weighted by atomic mass is 9.91. The SMILES string of the molecule is CCC(C)(C)C(=O)OCCOC(=O)C(F)(F)C(F)(F)C(F)(F)C(=O)OC(C(C)C)C(C)C. The fourth-order valence-electron chi connectivity index (χ4n) is 2.39. The highest BCUT2D eigenvalue weighted by Gasteiger charge is 2.79. The summed E-state index contributed by atoms with van der Waals surface area (Å²) in [7, 11) is 0. The minimum absolute atomic E-state index is 0.357. The largest absolute Gasteiger partial charge is 0.462 e. The summed E-state index contributed by atoms with van der Waals surface area (Å²) < 4.78 is 96.8. The van der Waals surface area contributed by atoms with E-state index in [1.165, 1.54) is 41.5 Å². The van der Waals surface area contributed by atoms with Crippen LogP contribution in [-0.4, -0.2) is 55.0 Å². The molecule has 0 aromatic rings. The summed E-state index contributed by atoms with van der Waals surface area (Å²) in [5.41, 5.74) is -0.937. The Morgan fingerprint density at radius 3 is 1.47 bits per heavy atom. The summed E-state index contributed by atoms with van der Waals surface area (Å²) in [5.74, 6) is -26.4. The first-order valence-electron chi connectivity index (χ1n) is 9.96. The van der Waals surface area contributed by atoms with Gasteiger partial charge in [0.1, 0.15) is 19.3 Å². The monoisotopic (exact) mass is 480 g/mol. The van der Waals surface area contributed by atoms with E-state index >= 15 is 0 Å². The molecule has 0 aliphatic rings. The number of carbonyl (C=O) groups is 3. The van der Waals surface area contributed by atoms with E-state index in [1.807, 2.05) is 0 Å². The second-order valence-electron chi connectivity index (χ2n) is 8.59. The van der Waals surface area contributed by atoms with Crippen LogP contribution in [0.25, 0.3) is 0 Å². The van der Waals surface area contributed by atoms with E-state index in [-0.39, 0.29) is 0 Å². The fraction of sp³-hybridized carbons (Fsp3) is 0.850. The number of hydrogen-bond donors (Lipinski definition) is 0. The first-order valence-corrected chi connectivity index (χ1v) is 9.96. The van der Waals surface area contributed by atoms with Crippen LogP contribution in [0.4, 0.5) is 26.3 Å². The van der Waals surface area contributed by atoms with Crippen LogP contribution in [0, 0.1) is 17.3 Å². The molecule has 12 heteroatoms. The molecule has 0 aliphatic carbocycles. The third-order valence-electron chi connectivity index (χ3n) is 4.84. The van der Waals surface area contributed by atoms with Gasteiger partial charge in [0, 0.05) is 0 Å². The topological polar surface area (TPSA) is 78.9 Å². The third kappa shape index (κ3) is 6.50. The summed E-state index contributed by atoms with van der Waals surface area (Å²) in [6.07, 6.45) is -0.901. The van der Waals surface area contributed by atoms with E-state index in [1.54, 1.807) is 6.92 Å². The van der Waals surface area contributed by atoms with Crippen molar-refractivity contribution in [3.05, 3.63) is 0 Å². The van der Waals surface area contributed by atoms with Gasteiger partial charge in [0.05, 0.1) is 5.41 Å². The summed E-state index contributed by atoms with van der Waals surface area (Å²) in [6.45, 7) is 8.65. The Morgan fingerprint density at radius 2 is 1.09 bits per heavy atom. The highest BCUT2D eigenvalue weighted by Crippen LogP contribution is 2.47. The second kappa shape index (κ2) is 10.7. The molecule has 0 amide bonds. The summed E-state index contributed by atoms with van der Waals surface area (Å²) in [6, 6.07) is 0. The number of carbonyl (C=O) groups excluding carboxylic acids is 3. The van der Waals surface area contributed by atoms with E-state index in [9.17, 15) is 40.7 Å². The second-order valence-corrected chi connectivity index (χ2v) is 8.59. The number of ether oxygens (including phenoxy) is 3. The first-order chi connectivity index (χ1) is 14.3. The van der Waals surface area contributed by atoms with Gasteiger partial charge in [-0.2, -0.15) is 26.3 Å². The molecule has 0 atom stereocenters. The first kappa shape index (κ1) is 30.0. The molecule has 0 aromatic carbocycles. The molecule has 0 spiro atoms. The minimum atomic E-state index is -6.45. The predicted molar refractivity (Wildman–Crippen MR) is 100 cm³/mol. The van der Waals surface area contributed by atoms with Crippen molar-refractivity contribution in [2.45, 2.75) is 78.8 Å². The smallest absolute Gasteiger partial charge is 0.411 e. The summed E-state index contributed by atoms with van der Waals surface area (Å²) in [4.78, 5) is 34.8. The quantitative estimate of drug-likeness (QED) is 0.175. The molecule has 6 nitrogen and oxygen atoms in total. The van der Waals surface area contributed by atoms with Gasteiger partial charge in [-0.15, -0.1) is 0 Å². The molecule has 0 saturated carbocycles. The molecule has 32 heavy (non-hydrogen) atoms. The summed E-state index contributed by atoms with van der Waals surface area (Å²) >= 11 is 0. The number of hydrogen-bond acceptors (Lipinski definition) is 6. The summed E-state index contributed by atoms with van der Waals surface area (Å²) in [5, 5.41) is 0. The molecule has 0 N–H and O–H groups in total. The molecule has 0 heterocycles. The van der Waals surface area contributed by atoms with E-state index in [2.05, 4.69) is 14.2 Å². The standard InChI is InChI=1S/C20H30F6O6/c1-8-17(6,7)14(27)30-9-10-31-15(28)18(21,22)20(25,26)19(23,24)16(29)32-13(11(2)3)12(4)5/h11-13H,8-10H2,1-7H3. The van der Waals surface area contributed by atoms with Gasteiger partial charge in [-0.3, -0.25) is 4.79 Å². The maximum absolute atomic E-state index is 14.0. The molecule has 0 bridgehead atoms. The minimum Gasteiger partial charge on any atom is -0.462 e. The van der Waals surface area contributed by atoms with Crippen LogP contribution in [0.15, 0.2) is 0 Å². The van der Waals surface area contributed by atoms with Crippen LogP contribution >= 0.6 is 0 Å². The van der Waals surface area contributed by atoms with Crippen molar-refractivity contribution in [1.82, 2.24) is 0 Å². The number of rotatable bonds is 12. The van der Waals surface area contributed by atoms with Crippen molar-refractivity contribution in [1.29, 1.82) is 0 Å². The Balaban J connectivity index is 5.29. The van der Waals surface area contributed by atoms with Crippen LogP contribution in [-0.2, 0) is 28.6 Å². The van der Waals surface area contributed by atoms with Gasteiger partial charge < -0.3 is 14.2 Å². The third-order valence-corrected chi connectivity index (χ3v) is 4.84. The predicted octanol–water partition coefficient (Wildman–Crippen LogP) is 4.64. The Morgan fingerprint density at radius 1 is 0.719 bits per heavy atom. The molecule has 188 valence electrons. The van der Waals surface area contributed by atoms with Gasteiger partial charge in [0.25, 0.3) is 0 Å². The van der Waals surface area contributed by atoms with Crippen LogP contribution in [0.3, 0.4) is 0 Å². The number of esters is 3. The number of alkyl halides is 6. The van der Waals surface area contributed by atoms with Crippen LogP contribution in [0.2, 0.25) is 0 Å². The molecular weight excluding hydrogens is 450 g/mol. The molecule has 0 radical (unpaired) electrons. The van der Waals surface area contributed by atoms with Crippen LogP contribution in [0.5, 0.6) is 0 Å². The maximum atomic E-state index is 14.0. The molecule has 0 saturated heterocycles. The normalized spacial score (nSPS) is 13.5. The average Bonchev–Trinajstić information content (AvgIpc) is 2.67. The molecule has 0 rings (SSSR count). The fourth-order valence-corrected chi connectivity index (χ4v) is 2.39. The van der Waals surface area contributed by atoms with E-state index in [0.29, 0.717) is 6.42 Å². The van der Waals surface area contributed by atoms with Crippen molar-refractivity contribution in [3.8, 4) is 0 Å². The van der Waals surface area contributed by atoms with Gasteiger partial charge in [-0.25, -0.2) is 9.59 Å². The molecule has 0 fully saturated rings. The highest BCUT2D eigenvalue weighted by molar-refractivity contribution is 5.84. The van der Waals surface area contributed by atoms with Crippen molar-refractivity contribution in [3.63, 3.8) is 0 Å². The van der Waals surface area contributed by atoms with Crippen molar-refractivity contribution in [2.24, 2.45) is 17.3 Å². The van der Waals surface area contributed by atoms with E-state index in [0.717, 1.165) is 0 Å². The van der Waals surface area contributed by atoms with E-state index in [4.69, 9.17) is 0 Å². The van der Waals surface area contributed by atoms with Crippen molar-refractivity contribution < 1.29 is 54.9 Å². The number of halogens is 6. The average molecular weight is 480 g/mol. The lowest BCUT2D eigenvalue weighted by Crippen LogP contribution is -2.62. The Bertz CT molecular complexity index is 667. The molecule has 0 aromatic heterocycles. The van der Waals surface area contributed by atoms with Crippen LogP contribution in [0.1, 0.15) is 54.9 Å². The molecule has 0 aliphatic heterocycles. The van der Waals surface area contributed by atoms with Crippen LogP contribution < -0.4 is 0 Å².